The van der Waals surface area contributed by atoms with E-state index in [1.807, 2.05) is 0 Å². The minimum absolute atomic E-state index is 0.471. The molecule has 1 atom stereocenters. The third-order valence-electron chi connectivity index (χ3n) is 3.49. The molecule has 2 fully saturated rings. The Balaban J connectivity index is 1.62. The molecule has 3 N–H and O–H groups in total. The summed E-state index contributed by atoms with van der Waals surface area (Å²) in [4.78, 5) is 2.46. The Morgan fingerprint density at radius 1 is 1.46 bits per heavy atom. The first-order valence-electron chi connectivity index (χ1n) is 5.45. The van der Waals surface area contributed by atoms with Gasteiger partial charge in [0.05, 0.1) is 0 Å². The lowest BCUT2D eigenvalue weighted by Gasteiger charge is -2.34. The van der Waals surface area contributed by atoms with Crippen LogP contribution in [-0.4, -0.2) is 43.2 Å². The van der Waals surface area contributed by atoms with Gasteiger partial charge in [0.15, 0.2) is 0 Å². The summed E-state index contributed by atoms with van der Waals surface area (Å²) >= 11 is 0. The van der Waals surface area contributed by atoms with Crippen LogP contribution >= 0.6 is 0 Å². The third kappa shape index (κ3) is 2.22. The molecule has 1 aliphatic heterocycles. The normalized spacial score (nSPS) is 40.6. The molecule has 0 spiro atoms. The topological polar surface area (TPSA) is 41.3 Å². The molecule has 0 amide bonds. The number of likely N-dealkylation sites (tertiary alicyclic amines) is 1. The molecule has 0 aromatic rings. The maximum absolute atomic E-state index is 5.73. The maximum Gasteiger partial charge on any atom is 0.0218 e. The van der Waals surface area contributed by atoms with E-state index >= 15 is 0 Å². The van der Waals surface area contributed by atoms with Crippen molar-refractivity contribution in [2.24, 2.45) is 5.73 Å². The predicted octanol–water partition coefficient (Wildman–Crippen LogP) is 0.160. The molecule has 0 aromatic heterocycles. The number of hydrogen-bond donors (Lipinski definition) is 2. The van der Waals surface area contributed by atoms with Gasteiger partial charge in [-0.05, 0) is 39.3 Å². The average Bonchev–Trinajstić information content (AvgIpc) is 2.43. The van der Waals surface area contributed by atoms with E-state index in [4.69, 9.17) is 5.73 Å². The molecule has 0 radical (unpaired) electrons. The average molecular weight is 183 g/mol. The van der Waals surface area contributed by atoms with Gasteiger partial charge in [0.1, 0.15) is 0 Å². The van der Waals surface area contributed by atoms with E-state index in [1.54, 1.807) is 0 Å². The summed E-state index contributed by atoms with van der Waals surface area (Å²) in [6.07, 6.45) is 5.09. The standard InChI is InChI=1S/C10H21N3/c1-13-4-2-3-10(13)7-12-9-5-8(11)6-9/h8-10,12H,2-7,11H2,1H3. The minimum atomic E-state index is 0.471. The van der Waals surface area contributed by atoms with E-state index in [0.717, 1.165) is 12.6 Å². The van der Waals surface area contributed by atoms with Gasteiger partial charge < -0.3 is 16.0 Å². The Morgan fingerprint density at radius 2 is 2.23 bits per heavy atom. The maximum atomic E-state index is 5.73. The van der Waals surface area contributed by atoms with Crippen LogP contribution in [0.25, 0.3) is 0 Å². The van der Waals surface area contributed by atoms with E-state index in [2.05, 4.69) is 17.3 Å². The van der Waals surface area contributed by atoms with Crippen LogP contribution in [0.1, 0.15) is 25.7 Å². The number of nitrogens with one attached hydrogen (secondary N) is 1. The summed E-state index contributed by atoms with van der Waals surface area (Å²) in [5.74, 6) is 0. The van der Waals surface area contributed by atoms with Crippen molar-refractivity contribution in [1.29, 1.82) is 0 Å². The summed E-state index contributed by atoms with van der Waals surface area (Å²) in [5.41, 5.74) is 5.73. The third-order valence-corrected chi connectivity index (χ3v) is 3.49. The van der Waals surface area contributed by atoms with Crippen molar-refractivity contribution in [2.45, 2.75) is 43.8 Å². The van der Waals surface area contributed by atoms with Gasteiger partial charge in [0.25, 0.3) is 0 Å². The van der Waals surface area contributed by atoms with Crippen LogP contribution in [0.3, 0.4) is 0 Å². The second-order valence-electron chi connectivity index (χ2n) is 4.61. The second kappa shape index (κ2) is 3.95. The van der Waals surface area contributed by atoms with E-state index in [0.29, 0.717) is 12.1 Å². The van der Waals surface area contributed by atoms with Gasteiger partial charge in [-0.2, -0.15) is 0 Å². The second-order valence-corrected chi connectivity index (χ2v) is 4.61. The summed E-state index contributed by atoms with van der Waals surface area (Å²) < 4.78 is 0. The number of nitrogens with two attached hydrogens (primary N) is 1. The van der Waals surface area contributed by atoms with E-state index in [1.165, 1.54) is 32.2 Å². The lowest BCUT2D eigenvalue weighted by Crippen LogP contribution is -2.51. The van der Waals surface area contributed by atoms with Gasteiger partial charge in [0.2, 0.25) is 0 Å². The van der Waals surface area contributed by atoms with Crippen molar-refractivity contribution >= 4 is 0 Å². The van der Waals surface area contributed by atoms with Crippen LogP contribution in [0.5, 0.6) is 0 Å². The number of nitrogens with zero attached hydrogens (tertiary/aromatic N) is 1. The molecule has 3 heteroatoms. The van der Waals surface area contributed by atoms with Crippen LogP contribution in [0, 0.1) is 0 Å². The Bertz CT molecular complexity index is 166. The van der Waals surface area contributed by atoms with Crippen molar-refractivity contribution < 1.29 is 0 Å². The largest absolute Gasteiger partial charge is 0.328 e. The number of likely N-dealkylation sites (N-methyl/N-ethyl adjacent to an activating group) is 1. The fraction of sp³-hybridized carbons (Fsp3) is 1.00. The zero-order valence-corrected chi connectivity index (χ0v) is 8.50. The monoisotopic (exact) mass is 183 g/mol. The Hall–Kier alpha value is -0.120. The highest BCUT2D eigenvalue weighted by atomic mass is 15.2. The van der Waals surface area contributed by atoms with Gasteiger partial charge in [-0.15, -0.1) is 0 Å². The molecule has 1 saturated carbocycles. The Morgan fingerprint density at radius 3 is 2.77 bits per heavy atom. The van der Waals surface area contributed by atoms with Crippen molar-refractivity contribution in [2.75, 3.05) is 20.1 Å². The first kappa shape index (κ1) is 9.44. The molecule has 0 aromatic carbocycles. The molecular weight excluding hydrogens is 162 g/mol. The fourth-order valence-electron chi connectivity index (χ4n) is 2.37. The van der Waals surface area contributed by atoms with Crippen LogP contribution in [0.15, 0.2) is 0 Å². The summed E-state index contributed by atoms with van der Waals surface area (Å²) in [5, 5.41) is 3.60. The summed E-state index contributed by atoms with van der Waals surface area (Å²) in [6.45, 7) is 2.43. The summed E-state index contributed by atoms with van der Waals surface area (Å²) in [7, 11) is 2.23. The van der Waals surface area contributed by atoms with Crippen molar-refractivity contribution in [3.63, 3.8) is 0 Å². The predicted molar refractivity (Wildman–Crippen MR) is 54.7 cm³/mol. The highest BCUT2D eigenvalue weighted by molar-refractivity contribution is 4.89. The Labute approximate surface area is 80.7 Å². The molecular formula is C10H21N3. The molecule has 76 valence electrons. The van der Waals surface area contributed by atoms with Crippen LogP contribution in [0.2, 0.25) is 0 Å². The highest BCUT2D eigenvalue weighted by Gasteiger charge is 2.27. The zero-order chi connectivity index (χ0) is 9.26. The first-order valence-corrected chi connectivity index (χ1v) is 5.45. The smallest absolute Gasteiger partial charge is 0.0218 e. The lowest BCUT2D eigenvalue weighted by atomic mass is 9.87. The molecule has 1 unspecified atom stereocenters. The van der Waals surface area contributed by atoms with Gasteiger partial charge in [-0.1, -0.05) is 0 Å². The molecule has 1 heterocycles. The van der Waals surface area contributed by atoms with Crippen molar-refractivity contribution in [3.05, 3.63) is 0 Å². The molecule has 0 bridgehead atoms. The van der Waals surface area contributed by atoms with Gasteiger partial charge in [-0.25, -0.2) is 0 Å². The van der Waals surface area contributed by atoms with Gasteiger partial charge in [0, 0.05) is 24.7 Å². The van der Waals surface area contributed by atoms with Crippen LogP contribution in [0.4, 0.5) is 0 Å². The lowest BCUT2D eigenvalue weighted by molar-refractivity contribution is 0.246. The molecule has 2 aliphatic rings. The van der Waals surface area contributed by atoms with Crippen molar-refractivity contribution in [3.8, 4) is 0 Å². The SMILES string of the molecule is CN1CCCC1CNC1CC(N)C1. The van der Waals surface area contributed by atoms with Gasteiger partial charge in [-0.3, -0.25) is 0 Å². The molecule has 1 saturated heterocycles. The van der Waals surface area contributed by atoms with Gasteiger partial charge >= 0.3 is 0 Å². The quantitative estimate of drug-likeness (QED) is 0.655. The Kier molecular flexibility index (Phi) is 2.86. The molecule has 1 aliphatic carbocycles. The van der Waals surface area contributed by atoms with E-state index in [9.17, 15) is 0 Å². The van der Waals surface area contributed by atoms with Crippen LogP contribution in [-0.2, 0) is 0 Å². The van der Waals surface area contributed by atoms with Crippen LogP contribution < -0.4 is 11.1 Å². The highest BCUT2D eigenvalue weighted by Crippen LogP contribution is 2.19. The number of hydrogen-bond acceptors (Lipinski definition) is 3. The first-order chi connectivity index (χ1) is 6.25. The number of rotatable bonds is 3. The fourth-order valence-corrected chi connectivity index (χ4v) is 2.37. The molecule has 13 heavy (non-hydrogen) atoms. The molecule has 2 rings (SSSR count). The van der Waals surface area contributed by atoms with E-state index in [-0.39, 0.29) is 0 Å². The summed E-state index contributed by atoms with van der Waals surface area (Å²) in [6, 6.07) is 1.96. The molecule has 3 nitrogen and oxygen atoms in total. The zero-order valence-electron chi connectivity index (χ0n) is 8.50. The van der Waals surface area contributed by atoms with E-state index < -0.39 is 0 Å². The van der Waals surface area contributed by atoms with Crippen molar-refractivity contribution in [1.82, 2.24) is 10.2 Å². The minimum Gasteiger partial charge on any atom is -0.328 e.